The average Bonchev–Trinajstić information content (AvgIpc) is 2.67. The van der Waals surface area contributed by atoms with E-state index in [4.69, 9.17) is 0 Å². The van der Waals surface area contributed by atoms with E-state index < -0.39 is 0 Å². The number of piperidine rings is 1. The minimum atomic E-state index is 0.318. The first-order valence-corrected chi connectivity index (χ1v) is 8.57. The lowest BCUT2D eigenvalue weighted by Crippen LogP contribution is -2.47. The van der Waals surface area contributed by atoms with E-state index in [-0.39, 0.29) is 0 Å². The topological polar surface area (TPSA) is 59.3 Å². The maximum absolute atomic E-state index is 9.37. The predicted molar refractivity (Wildman–Crippen MR) is 101 cm³/mol. The highest BCUT2D eigenvalue weighted by Gasteiger charge is 2.26. The predicted octanol–water partition coefficient (Wildman–Crippen LogP) is 2.52. The van der Waals surface area contributed by atoms with Gasteiger partial charge in [-0.25, -0.2) is 4.98 Å². The number of aromatic nitrogens is 2. The minimum absolute atomic E-state index is 0.318. The average molecular weight is 336 g/mol. The van der Waals surface area contributed by atoms with Crippen molar-refractivity contribution in [3.63, 3.8) is 0 Å². The zero-order valence-corrected chi connectivity index (χ0v) is 15.1. The molecular weight excluding hydrogens is 312 g/mol. The molecule has 6 nitrogen and oxygen atoms in total. The Balaban J connectivity index is 1.79. The highest BCUT2D eigenvalue weighted by molar-refractivity contribution is 5.59. The van der Waals surface area contributed by atoms with Crippen LogP contribution in [0.25, 0.3) is 0 Å². The highest BCUT2D eigenvalue weighted by atomic mass is 15.3. The zero-order chi connectivity index (χ0) is 17.8. The van der Waals surface area contributed by atoms with Gasteiger partial charge in [0.2, 0.25) is 5.95 Å². The largest absolute Gasteiger partial charge is 0.368 e. The highest BCUT2D eigenvalue weighted by Crippen LogP contribution is 2.26. The number of anilines is 3. The molecule has 1 aliphatic heterocycles. The number of nitrogens with zero attached hydrogens (tertiary/aromatic N) is 6. The molecule has 1 aliphatic rings. The van der Waals surface area contributed by atoms with Crippen molar-refractivity contribution in [2.45, 2.75) is 18.9 Å². The van der Waals surface area contributed by atoms with Gasteiger partial charge in [-0.15, -0.1) is 0 Å². The number of nitriles is 1. The lowest BCUT2D eigenvalue weighted by atomic mass is 10.0. The van der Waals surface area contributed by atoms with Gasteiger partial charge in [-0.2, -0.15) is 10.2 Å². The van der Waals surface area contributed by atoms with Crippen molar-refractivity contribution in [1.29, 1.82) is 5.26 Å². The van der Waals surface area contributed by atoms with E-state index in [9.17, 15) is 5.26 Å². The van der Waals surface area contributed by atoms with Gasteiger partial charge in [0.25, 0.3) is 0 Å². The molecule has 2 aromatic rings. The zero-order valence-electron chi connectivity index (χ0n) is 15.1. The first kappa shape index (κ1) is 17.0. The van der Waals surface area contributed by atoms with Crippen molar-refractivity contribution in [2.24, 2.45) is 0 Å². The van der Waals surface area contributed by atoms with E-state index in [0.29, 0.717) is 6.04 Å². The molecule has 6 heteroatoms. The maximum Gasteiger partial charge on any atom is 0.227 e. The summed E-state index contributed by atoms with van der Waals surface area (Å²) in [6, 6.07) is 12.4. The Labute approximate surface area is 149 Å². The van der Waals surface area contributed by atoms with Crippen LogP contribution in [0.3, 0.4) is 0 Å². The molecular formula is C19H24N6. The number of hydrogen-bond acceptors (Lipinski definition) is 6. The van der Waals surface area contributed by atoms with E-state index in [2.05, 4.69) is 32.9 Å². The van der Waals surface area contributed by atoms with E-state index in [1.54, 1.807) is 6.20 Å². The van der Waals surface area contributed by atoms with Gasteiger partial charge in [-0.3, -0.25) is 0 Å². The van der Waals surface area contributed by atoms with Crippen LogP contribution in [-0.2, 0) is 0 Å². The first-order valence-electron chi connectivity index (χ1n) is 8.57. The third kappa shape index (κ3) is 3.66. The van der Waals surface area contributed by atoms with Crippen LogP contribution in [0.1, 0.15) is 18.4 Å². The maximum atomic E-state index is 9.37. The number of hydrogen-bond donors (Lipinski definition) is 0. The second-order valence-corrected chi connectivity index (χ2v) is 6.59. The summed E-state index contributed by atoms with van der Waals surface area (Å²) in [5.41, 5.74) is 1.75. The van der Waals surface area contributed by atoms with Crippen molar-refractivity contribution in [3.05, 3.63) is 42.1 Å². The first-order chi connectivity index (χ1) is 12.1. The summed E-state index contributed by atoms with van der Waals surface area (Å²) in [7, 11) is 6.01. The molecule has 0 amide bonds. The number of rotatable bonds is 4. The Morgan fingerprint density at radius 1 is 1.20 bits per heavy atom. The molecule has 0 saturated carbocycles. The molecule has 3 rings (SSSR count). The summed E-state index contributed by atoms with van der Waals surface area (Å²) in [4.78, 5) is 15.5. The molecule has 1 unspecified atom stereocenters. The van der Waals surface area contributed by atoms with Gasteiger partial charge in [-0.05, 0) is 31.0 Å². The third-order valence-electron chi connectivity index (χ3n) is 4.71. The van der Waals surface area contributed by atoms with Crippen molar-refractivity contribution < 1.29 is 0 Å². The van der Waals surface area contributed by atoms with Crippen LogP contribution < -0.4 is 14.7 Å². The van der Waals surface area contributed by atoms with Crippen molar-refractivity contribution in [2.75, 3.05) is 48.9 Å². The number of likely N-dealkylation sites (N-methyl/N-ethyl adjacent to an activating group) is 1. The van der Waals surface area contributed by atoms with Crippen LogP contribution in [0, 0.1) is 11.3 Å². The van der Waals surface area contributed by atoms with Gasteiger partial charge >= 0.3 is 0 Å². The molecule has 1 aromatic carbocycles. The SMILES string of the molecule is CN(C)c1ccnc(N(C)C2CCCN(c3ccccc3C#N)C2)n1. The van der Waals surface area contributed by atoms with Crippen LogP contribution in [0.2, 0.25) is 0 Å². The monoisotopic (exact) mass is 336 g/mol. The molecule has 0 N–H and O–H groups in total. The van der Waals surface area contributed by atoms with Crippen molar-refractivity contribution in [3.8, 4) is 6.07 Å². The third-order valence-corrected chi connectivity index (χ3v) is 4.71. The van der Waals surface area contributed by atoms with Crippen LogP contribution >= 0.6 is 0 Å². The van der Waals surface area contributed by atoms with Crippen LogP contribution in [0.4, 0.5) is 17.5 Å². The smallest absolute Gasteiger partial charge is 0.227 e. The van der Waals surface area contributed by atoms with Gasteiger partial charge in [0, 0.05) is 46.5 Å². The second kappa shape index (κ2) is 7.39. The van der Waals surface area contributed by atoms with Crippen molar-refractivity contribution >= 4 is 17.5 Å². The molecule has 0 spiro atoms. The molecule has 1 saturated heterocycles. The van der Waals surface area contributed by atoms with Gasteiger partial charge in [0.1, 0.15) is 11.9 Å². The molecule has 130 valence electrons. The molecule has 0 aliphatic carbocycles. The van der Waals surface area contributed by atoms with E-state index >= 15 is 0 Å². The molecule has 25 heavy (non-hydrogen) atoms. The van der Waals surface area contributed by atoms with Gasteiger partial charge in [0.05, 0.1) is 11.3 Å². The molecule has 1 atom stereocenters. The fourth-order valence-electron chi connectivity index (χ4n) is 3.26. The Bertz CT molecular complexity index is 767. The lowest BCUT2D eigenvalue weighted by molar-refractivity contribution is 0.483. The fourth-order valence-corrected chi connectivity index (χ4v) is 3.26. The van der Waals surface area contributed by atoms with Gasteiger partial charge < -0.3 is 14.7 Å². The fraction of sp³-hybridized carbons (Fsp3) is 0.421. The summed E-state index contributed by atoms with van der Waals surface area (Å²) in [5.74, 6) is 1.64. The van der Waals surface area contributed by atoms with Gasteiger partial charge in [0.15, 0.2) is 0 Å². The van der Waals surface area contributed by atoms with Gasteiger partial charge in [-0.1, -0.05) is 12.1 Å². The number of para-hydroxylation sites is 1. The minimum Gasteiger partial charge on any atom is -0.368 e. The van der Waals surface area contributed by atoms with Crippen LogP contribution in [0.15, 0.2) is 36.5 Å². The molecule has 0 bridgehead atoms. The van der Waals surface area contributed by atoms with Crippen LogP contribution in [-0.4, -0.2) is 50.2 Å². The quantitative estimate of drug-likeness (QED) is 0.855. The summed E-state index contributed by atoms with van der Waals surface area (Å²) in [5, 5.41) is 9.37. The number of benzene rings is 1. The molecule has 1 fully saturated rings. The normalized spacial score (nSPS) is 17.0. The Kier molecular flexibility index (Phi) is 5.03. The van der Waals surface area contributed by atoms with E-state index in [1.807, 2.05) is 49.3 Å². The standard InChI is InChI=1S/C19H24N6/c1-23(2)18-10-11-21-19(22-18)24(3)16-8-6-12-25(14-16)17-9-5-4-7-15(17)13-20/h4-5,7,9-11,16H,6,8,12,14H2,1-3H3. The summed E-state index contributed by atoms with van der Waals surface area (Å²) in [6.07, 6.45) is 3.99. The van der Waals surface area contributed by atoms with E-state index in [1.165, 1.54) is 0 Å². The molecule has 2 heterocycles. The van der Waals surface area contributed by atoms with Crippen LogP contribution in [0.5, 0.6) is 0 Å². The summed E-state index contributed by atoms with van der Waals surface area (Å²) >= 11 is 0. The van der Waals surface area contributed by atoms with Crippen molar-refractivity contribution in [1.82, 2.24) is 9.97 Å². The summed E-state index contributed by atoms with van der Waals surface area (Å²) in [6.45, 7) is 1.84. The Hall–Kier alpha value is -2.81. The van der Waals surface area contributed by atoms with E-state index in [0.717, 1.165) is 48.9 Å². The second-order valence-electron chi connectivity index (χ2n) is 6.59. The molecule has 0 radical (unpaired) electrons. The Morgan fingerprint density at radius 3 is 2.76 bits per heavy atom. The Morgan fingerprint density at radius 2 is 2.00 bits per heavy atom. The summed E-state index contributed by atoms with van der Waals surface area (Å²) < 4.78 is 0. The lowest BCUT2D eigenvalue weighted by Gasteiger charge is -2.39. The molecule has 1 aromatic heterocycles.